The Morgan fingerprint density at radius 2 is 1.96 bits per heavy atom. The first-order valence-corrected chi connectivity index (χ1v) is 8.29. The van der Waals surface area contributed by atoms with E-state index in [1.165, 1.54) is 6.33 Å². The first kappa shape index (κ1) is 16.5. The van der Waals surface area contributed by atoms with Crippen molar-refractivity contribution < 1.29 is 9.13 Å². The van der Waals surface area contributed by atoms with E-state index in [0.29, 0.717) is 36.9 Å². The summed E-state index contributed by atoms with van der Waals surface area (Å²) in [4.78, 5) is 18.7. The minimum atomic E-state index is -0.306. The van der Waals surface area contributed by atoms with E-state index >= 15 is 0 Å². The van der Waals surface area contributed by atoms with Gasteiger partial charge in [0.25, 0.3) is 0 Å². The van der Waals surface area contributed by atoms with E-state index in [4.69, 9.17) is 4.74 Å². The molecular formula is C17H22FN5O. The summed E-state index contributed by atoms with van der Waals surface area (Å²) in [6.07, 6.45) is 5.37. The van der Waals surface area contributed by atoms with Crippen LogP contribution in [0.2, 0.25) is 0 Å². The lowest BCUT2D eigenvalue weighted by Crippen LogP contribution is -2.39. The number of nitrogens with zero attached hydrogens (tertiary/aromatic N) is 5. The summed E-state index contributed by atoms with van der Waals surface area (Å²) >= 11 is 0. The highest BCUT2D eigenvalue weighted by molar-refractivity contribution is 5.41. The lowest BCUT2D eigenvalue weighted by molar-refractivity contribution is 0.161. The minimum absolute atomic E-state index is 0.0617. The maximum atomic E-state index is 14.4. The van der Waals surface area contributed by atoms with Crippen molar-refractivity contribution in [3.63, 3.8) is 0 Å². The molecule has 3 heterocycles. The van der Waals surface area contributed by atoms with Crippen molar-refractivity contribution in [1.29, 1.82) is 0 Å². The second kappa shape index (κ2) is 7.07. The van der Waals surface area contributed by atoms with Crippen molar-refractivity contribution in [3.8, 4) is 5.88 Å². The Kier molecular flexibility index (Phi) is 4.87. The van der Waals surface area contributed by atoms with Gasteiger partial charge < -0.3 is 9.64 Å². The molecule has 3 rings (SSSR count). The summed E-state index contributed by atoms with van der Waals surface area (Å²) in [6, 6.07) is 0. The quantitative estimate of drug-likeness (QED) is 0.858. The van der Waals surface area contributed by atoms with Gasteiger partial charge in [-0.2, -0.15) is 0 Å². The minimum Gasteiger partial charge on any atom is -0.473 e. The van der Waals surface area contributed by atoms with Crippen molar-refractivity contribution >= 4 is 5.82 Å². The molecule has 0 N–H and O–H groups in total. The van der Waals surface area contributed by atoms with Gasteiger partial charge in [-0.3, -0.25) is 4.98 Å². The second-order valence-corrected chi connectivity index (χ2v) is 6.02. The zero-order valence-corrected chi connectivity index (χ0v) is 14.3. The van der Waals surface area contributed by atoms with Crippen molar-refractivity contribution in [2.75, 3.05) is 18.0 Å². The molecule has 0 unspecified atom stereocenters. The van der Waals surface area contributed by atoms with Crippen LogP contribution in [0.5, 0.6) is 5.88 Å². The van der Waals surface area contributed by atoms with Crippen LogP contribution in [0.25, 0.3) is 0 Å². The summed E-state index contributed by atoms with van der Waals surface area (Å²) in [5.41, 5.74) is 2.09. The van der Waals surface area contributed by atoms with E-state index in [1.807, 2.05) is 25.7 Å². The smallest absolute Gasteiger partial charge is 0.235 e. The third-order valence-corrected chi connectivity index (χ3v) is 4.23. The topological polar surface area (TPSA) is 64.0 Å². The molecule has 1 aliphatic heterocycles. The predicted octanol–water partition coefficient (Wildman–Crippen LogP) is 2.63. The second-order valence-electron chi connectivity index (χ2n) is 6.02. The number of piperidine rings is 1. The Balaban J connectivity index is 1.65. The van der Waals surface area contributed by atoms with E-state index in [2.05, 4.69) is 19.9 Å². The lowest BCUT2D eigenvalue weighted by Gasteiger charge is -2.33. The monoisotopic (exact) mass is 331 g/mol. The van der Waals surface area contributed by atoms with Crippen LogP contribution in [-0.2, 0) is 6.42 Å². The molecule has 1 aliphatic rings. The van der Waals surface area contributed by atoms with Crippen LogP contribution >= 0.6 is 0 Å². The molecule has 0 spiro atoms. The zero-order valence-electron chi connectivity index (χ0n) is 14.3. The molecule has 0 bridgehead atoms. The summed E-state index contributed by atoms with van der Waals surface area (Å²) in [5, 5.41) is 0. The first-order chi connectivity index (χ1) is 11.6. The third-order valence-electron chi connectivity index (χ3n) is 4.23. The number of anilines is 1. The number of aromatic nitrogens is 4. The average molecular weight is 331 g/mol. The zero-order chi connectivity index (χ0) is 17.1. The van der Waals surface area contributed by atoms with Crippen LogP contribution < -0.4 is 9.64 Å². The van der Waals surface area contributed by atoms with Gasteiger partial charge in [-0.1, -0.05) is 6.92 Å². The predicted molar refractivity (Wildman–Crippen MR) is 88.7 cm³/mol. The molecule has 0 radical (unpaired) electrons. The molecule has 1 fully saturated rings. The highest BCUT2D eigenvalue weighted by Gasteiger charge is 2.25. The highest BCUT2D eigenvalue weighted by Crippen LogP contribution is 2.25. The molecule has 0 saturated carbocycles. The summed E-state index contributed by atoms with van der Waals surface area (Å²) in [7, 11) is 0. The molecule has 2 aromatic heterocycles. The molecule has 1 saturated heterocycles. The van der Waals surface area contributed by atoms with Gasteiger partial charge in [0.2, 0.25) is 5.88 Å². The SMILES string of the molecule is CCc1ncnc(N2CCC(Oc3nc(C)cnc3C)CC2)c1F. The van der Waals surface area contributed by atoms with Gasteiger partial charge in [-0.05, 0) is 20.3 Å². The number of hydrogen-bond donors (Lipinski definition) is 0. The summed E-state index contributed by atoms with van der Waals surface area (Å²) < 4.78 is 20.4. The number of aryl methyl sites for hydroxylation is 3. The van der Waals surface area contributed by atoms with Crippen LogP contribution in [0.4, 0.5) is 10.2 Å². The van der Waals surface area contributed by atoms with Crippen molar-refractivity contribution in [3.05, 3.63) is 35.4 Å². The molecule has 0 aliphatic carbocycles. The van der Waals surface area contributed by atoms with Crippen LogP contribution in [-0.4, -0.2) is 39.1 Å². The first-order valence-electron chi connectivity index (χ1n) is 8.29. The van der Waals surface area contributed by atoms with Crippen LogP contribution in [0.1, 0.15) is 36.8 Å². The number of ether oxygens (including phenoxy) is 1. The summed E-state index contributed by atoms with van der Waals surface area (Å²) in [6.45, 7) is 7.06. The van der Waals surface area contributed by atoms with Gasteiger partial charge in [0.05, 0.1) is 17.1 Å². The fraction of sp³-hybridized carbons (Fsp3) is 0.529. The molecule has 7 heteroatoms. The third kappa shape index (κ3) is 3.44. The van der Waals surface area contributed by atoms with Crippen molar-refractivity contribution in [2.45, 2.75) is 46.1 Å². The highest BCUT2D eigenvalue weighted by atomic mass is 19.1. The molecule has 6 nitrogen and oxygen atoms in total. The molecular weight excluding hydrogens is 309 g/mol. The fourth-order valence-corrected chi connectivity index (χ4v) is 2.83. The van der Waals surface area contributed by atoms with Gasteiger partial charge in [-0.25, -0.2) is 19.3 Å². The van der Waals surface area contributed by atoms with Gasteiger partial charge in [0.15, 0.2) is 11.6 Å². The van der Waals surface area contributed by atoms with Crippen molar-refractivity contribution in [2.24, 2.45) is 0 Å². The average Bonchev–Trinajstić information content (AvgIpc) is 2.59. The number of halogens is 1. The molecule has 0 aromatic carbocycles. The normalized spacial score (nSPS) is 15.6. The molecule has 24 heavy (non-hydrogen) atoms. The van der Waals surface area contributed by atoms with E-state index in [0.717, 1.165) is 24.2 Å². The Bertz CT molecular complexity index is 716. The Labute approximate surface area is 141 Å². The Morgan fingerprint density at radius 1 is 1.21 bits per heavy atom. The van der Waals surface area contributed by atoms with Crippen LogP contribution in [0.15, 0.2) is 12.5 Å². The van der Waals surface area contributed by atoms with Gasteiger partial charge >= 0.3 is 0 Å². The maximum Gasteiger partial charge on any atom is 0.235 e. The number of rotatable bonds is 4. The fourth-order valence-electron chi connectivity index (χ4n) is 2.83. The van der Waals surface area contributed by atoms with Gasteiger partial charge in [-0.15, -0.1) is 0 Å². The molecule has 128 valence electrons. The number of hydrogen-bond acceptors (Lipinski definition) is 6. The standard InChI is InChI=1S/C17H22FN5O/c1-4-14-15(18)16(21-10-20-14)23-7-5-13(6-8-23)24-17-12(3)19-9-11(2)22-17/h9-10,13H,4-8H2,1-3H3. The van der Waals surface area contributed by atoms with Gasteiger partial charge in [0, 0.05) is 32.1 Å². The lowest BCUT2D eigenvalue weighted by atomic mass is 10.1. The van der Waals surface area contributed by atoms with E-state index < -0.39 is 0 Å². The molecule has 0 atom stereocenters. The van der Waals surface area contributed by atoms with E-state index in [-0.39, 0.29) is 11.9 Å². The van der Waals surface area contributed by atoms with E-state index in [1.54, 1.807) is 6.20 Å². The van der Waals surface area contributed by atoms with E-state index in [9.17, 15) is 4.39 Å². The van der Waals surface area contributed by atoms with Crippen molar-refractivity contribution in [1.82, 2.24) is 19.9 Å². The Morgan fingerprint density at radius 3 is 2.67 bits per heavy atom. The molecule has 2 aromatic rings. The Hall–Kier alpha value is -2.31. The summed E-state index contributed by atoms with van der Waals surface area (Å²) in [5.74, 6) is 0.682. The molecule has 0 amide bonds. The maximum absolute atomic E-state index is 14.4. The van der Waals surface area contributed by atoms with Crippen LogP contribution in [0, 0.1) is 19.7 Å². The van der Waals surface area contributed by atoms with Gasteiger partial charge in [0.1, 0.15) is 12.4 Å². The largest absolute Gasteiger partial charge is 0.473 e. The van der Waals surface area contributed by atoms with Crippen LogP contribution in [0.3, 0.4) is 0 Å².